The minimum absolute atomic E-state index is 0.474. The number of nitrogens with zero attached hydrogens (tertiary/aromatic N) is 4. The van der Waals surface area contributed by atoms with Gasteiger partial charge in [0, 0.05) is 56.7 Å². The summed E-state index contributed by atoms with van der Waals surface area (Å²) in [6.45, 7) is 0. The summed E-state index contributed by atoms with van der Waals surface area (Å²) >= 11 is 0. The summed E-state index contributed by atoms with van der Waals surface area (Å²) in [7, 11) is -0.642. The van der Waals surface area contributed by atoms with Crippen LogP contribution in [-0.4, -0.2) is 30.8 Å². The van der Waals surface area contributed by atoms with Crippen molar-refractivity contribution in [1.82, 2.24) is 41.7 Å². The summed E-state index contributed by atoms with van der Waals surface area (Å²) in [5, 5.41) is 21.2. The molecule has 266 valence electrons. The van der Waals surface area contributed by atoms with Gasteiger partial charge in [0.2, 0.25) is 0 Å². The van der Waals surface area contributed by atoms with Gasteiger partial charge in [-0.2, -0.15) is 0 Å². The van der Waals surface area contributed by atoms with E-state index in [9.17, 15) is 0 Å². The lowest BCUT2D eigenvalue weighted by Gasteiger charge is -2.21. The van der Waals surface area contributed by atoms with E-state index < -0.39 is 15.2 Å². The van der Waals surface area contributed by atoms with Crippen molar-refractivity contribution < 1.29 is 18.1 Å². The molecule has 0 radical (unpaired) electrons. The largest absolute Gasteiger partial charge is 0.430 e. The topological polar surface area (TPSA) is 248 Å². The molecular weight excluding hydrogens is 743 g/mol. The highest BCUT2D eigenvalue weighted by Crippen LogP contribution is 2.68. The van der Waals surface area contributed by atoms with Gasteiger partial charge in [0.05, 0.1) is 11.4 Å². The second-order valence-corrected chi connectivity index (χ2v) is 17.6. The highest BCUT2D eigenvalue weighted by Gasteiger charge is 2.26. The minimum Gasteiger partial charge on any atom is -0.430 e. The second kappa shape index (κ2) is 18.1. The van der Waals surface area contributed by atoms with Crippen molar-refractivity contribution in [2.24, 2.45) is 23.2 Å². The normalized spacial score (nSPS) is 12.8. The van der Waals surface area contributed by atoms with Gasteiger partial charge < -0.3 is 40.4 Å². The molecule has 0 fully saturated rings. The quantitative estimate of drug-likeness (QED) is 0.0224. The van der Waals surface area contributed by atoms with Crippen LogP contribution in [0.15, 0.2) is 122 Å². The zero-order valence-electron chi connectivity index (χ0n) is 27.0. The van der Waals surface area contributed by atoms with Crippen LogP contribution in [0.3, 0.4) is 0 Å². The first-order chi connectivity index (χ1) is 25.5. The lowest BCUT2D eigenvalue weighted by atomic mass is 10.2. The van der Waals surface area contributed by atoms with Crippen LogP contribution in [0.5, 0.6) is 23.0 Å². The molecular formula is C32H32N12O4P2S2. The molecule has 2 aromatic heterocycles. The molecule has 0 amide bonds. The monoisotopic (exact) mass is 774 g/mol. The van der Waals surface area contributed by atoms with E-state index in [0.29, 0.717) is 45.8 Å². The fourth-order valence-electron chi connectivity index (χ4n) is 4.32. The van der Waals surface area contributed by atoms with Crippen LogP contribution in [0.4, 0.5) is 0 Å². The Labute approximate surface area is 307 Å². The number of nitrogens with one attached hydrogen (secondary N) is 4. The Morgan fingerprint density at radius 2 is 0.865 bits per heavy atom. The zero-order valence-corrected chi connectivity index (χ0v) is 30.4. The summed E-state index contributed by atoms with van der Waals surface area (Å²) in [6.07, 6.45) is 6.44. The summed E-state index contributed by atoms with van der Waals surface area (Å²) in [5.41, 5.74) is 22.7. The SMILES string of the molecule is NN/C=C(\N)c1ccc(OP(Oc2ccc(-c3c[nH]nn3)cc2)SSP(Oc2ccc(/C(N)=C/NN)cc2)Oc2ccc(-c3c[nH]nn3)cc2)cc1. The highest BCUT2D eigenvalue weighted by molar-refractivity contribution is 9.11. The van der Waals surface area contributed by atoms with Crippen molar-refractivity contribution in [3.05, 3.63) is 133 Å². The number of nitrogens with two attached hydrogens (primary N) is 4. The predicted octanol–water partition coefficient (Wildman–Crippen LogP) is 6.15. The van der Waals surface area contributed by atoms with Gasteiger partial charge in [-0.15, -0.1) is 10.2 Å². The first-order valence-corrected chi connectivity index (χ1v) is 20.8. The number of H-pyrrole nitrogens is 2. The molecule has 0 spiro atoms. The molecule has 6 aromatic rings. The Morgan fingerprint density at radius 1 is 0.538 bits per heavy atom. The van der Waals surface area contributed by atoms with E-state index >= 15 is 0 Å². The number of hydrogen-bond acceptors (Lipinski definition) is 16. The standard InChI is InChI=1S/C32H32N12O4P2S2/c33-29(17-37-35)21-1-9-25(10-2-21)45-49(47-27-13-5-23(6-14-27)31-19-39-43-41-31)51-52-50(46-26-11-3-22(4-12-26)30(34)18-38-36)48-28-15-7-24(8-16-28)32-20-40-44-42-32/h1-20,37-38H,33-36H2,(H,39,41,43)(H,40,42,44)/b29-17-,30-18-. The van der Waals surface area contributed by atoms with Crippen LogP contribution in [0.1, 0.15) is 11.1 Å². The highest BCUT2D eigenvalue weighted by atomic mass is 33.5. The molecule has 6 rings (SSSR count). The Kier molecular flexibility index (Phi) is 12.7. The Balaban J connectivity index is 1.22. The minimum atomic E-state index is -1.67. The van der Waals surface area contributed by atoms with Gasteiger partial charge in [-0.3, -0.25) is 21.9 Å². The molecule has 0 aliphatic heterocycles. The fraction of sp³-hybridized carbons (Fsp3) is 0. The molecule has 0 saturated carbocycles. The summed E-state index contributed by atoms with van der Waals surface area (Å²) < 4.78 is 25.6. The number of rotatable bonds is 17. The van der Waals surface area contributed by atoms with Gasteiger partial charge in [-0.1, -0.05) is 10.4 Å². The van der Waals surface area contributed by atoms with Gasteiger partial charge in [-0.05, 0) is 108 Å². The molecule has 0 saturated heterocycles. The molecule has 0 aliphatic carbocycles. The van der Waals surface area contributed by atoms with E-state index in [1.54, 1.807) is 36.7 Å². The maximum atomic E-state index is 6.41. The maximum absolute atomic E-state index is 6.41. The fourth-order valence-corrected chi connectivity index (χ4v) is 12.5. The second-order valence-electron chi connectivity index (χ2n) is 10.3. The van der Waals surface area contributed by atoms with Crippen LogP contribution >= 0.6 is 36.0 Å². The van der Waals surface area contributed by atoms with E-state index in [1.807, 2.05) is 72.8 Å². The lowest BCUT2D eigenvalue weighted by molar-refractivity contribution is 0.508. The maximum Gasteiger partial charge on any atom is 0.372 e. The molecule has 16 nitrogen and oxygen atoms in total. The third-order valence-electron chi connectivity index (χ3n) is 6.86. The van der Waals surface area contributed by atoms with E-state index in [4.69, 9.17) is 41.2 Å². The summed E-state index contributed by atoms with van der Waals surface area (Å²) in [4.78, 5) is 0. The van der Waals surface area contributed by atoms with Gasteiger partial charge in [0.1, 0.15) is 34.4 Å². The van der Waals surface area contributed by atoms with Crippen molar-refractivity contribution in [3.63, 3.8) is 0 Å². The molecule has 52 heavy (non-hydrogen) atoms. The Bertz CT molecular complexity index is 1890. The van der Waals surface area contributed by atoms with Crippen molar-refractivity contribution in [3.8, 4) is 45.5 Å². The molecule has 2 unspecified atom stereocenters. The average molecular weight is 775 g/mol. The molecule has 0 aliphatic rings. The molecule has 12 N–H and O–H groups in total. The molecule has 2 heterocycles. The van der Waals surface area contributed by atoms with Gasteiger partial charge in [-0.25, -0.2) is 0 Å². The van der Waals surface area contributed by atoms with Crippen molar-refractivity contribution in [2.75, 3.05) is 0 Å². The van der Waals surface area contributed by atoms with Crippen LogP contribution in [0, 0.1) is 0 Å². The number of hydrazine groups is 2. The van der Waals surface area contributed by atoms with E-state index in [2.05, 4.69) is 41.7 Å². The number of aromatic nitrogens is 6. The van der Waals surface area contributed by atoms with Crippen LogP contribution in [0.25, 0.3) is 33.9 Å². The van der Waals surface area contributed by atoms with Gasteiger partial charge in [0.25, 0.3) is 0 Å². The summed E-state index contributed by atoms with van der Waals surface area (Å²) in [5.74, 6) is 13.1. The lowest BCUT2D eigenvalue weighted by Crippen LogP contribution is -2.16. The Hall–Kier alpha value is -5.48. The van der Waals surface area contributed by atoms with E-state index in [0.717, 1.165) is 22.3 Å². The first kappa shape index (κ1) is 36.3. The molecule has 20 heteroatoms. The van der Waals surface area contributed by atoms with Crippen LogP contribution in [0.2, 0.25) is 0 Å². The van der Waals surface area contributed by atoms with Gasteiger partial charge >= 0.3 is 15.2 Å². The van der Waals surface area contributed by atoms with Gasteiger partial charge in [0.15, 0.2) is 0 Å². The van der Waals surface area contributed by atoms with E-state index in [-0.39, 0.29) is 0 Å². The van der Waals surface area contributed by atoms with Crippen molar-refractivity contribution in [1.29, 1.82) is 0 Å². The van der Waals surface area contributed by atoms with Crippen molar-refractivity contribution >= 4 is 47.4 Å². The van der Waals surface area contributed by atoms with Crippen LogP contribution < -0.4 is 52.1 Å². The number of aromatic amines is 2. The third-order valence-corrected chi connectivity index (χ3v) is 15.0. The molecule has 0 bridgehead atoms. The number of benzene rings is 4. The molecule has 2 atom stereocenters. The predicted molar refractivity (Wildman–Crippen MR) is 207 cm³/mol. The average Bonchev–Trinajstić information content (AvgIpc) is 3.92. The summed E-state index contributed by atoms with van der Waals surface area (Å²) in [6, 6.07) is 29.5. The third kappa shape index (κ3) is 10.1. The van der Waals surface area contributed by atoms with Crippen molar-refractivity contribution in [2.45, 2.75) is 0 Å². The number of hydrogen-bond donors (Lipinski definition) is 8. The molecule has 4 aromatic carbocycles. The Morgan fingerprint density at radius 3 is 1.15 bits per heavy atom. The van der Waals surface area contributed by atoms with E-state index in [1.165, 1.54) is 33.2 Å². The zero-order chi connectivity index (χ0) is 36.1. The first-order valence-electron chi connectivity index (χ1n) is 15.1. The van der Waals surface area contributed by atoms with Crippen LogP contribution in [-0.2, 0) is 0 Å². The smallest absolute Gasteiger partial charge is 0.372 e.